The monoisotopic (exact) mass is 236 g/mol. The summed E-state index contributed by atoms with van der Waals surface area (Å²) in [6, 6.07) is 10.3. The summed E-state index contributed by atoms with van der Waals surface area (Å²) in [6.45, 7) is 6.51. The van der Waals surface area contributed by atoms with Gasteiger partial charge in [-0.1, -0.05) is 55.5 Å². The normalized spacial score (nSPS) is 13.2. The number of carbonyl (C=O) groups excluding carboxylic acids is 1. The van der Waals surface area contributed by atoms with Crippen molar-refractivity contribution in [2.75, 3.05) is 7.11 Å². The van der Waals surface area contributed by atoms with E-state index in [-0.39, 0.29) is 11.5 Å². The van der Waals surface area contributed by atoms with Crippen molar-refractivity contribution in [1.82, 2.24) is 0 Å². The Kier molecular flexibility index (Phi) is 4.30. The van der Waals surface area contributed by atoms with E-state index in [1.165, 1.54) is 12.3 Å². The maximum absolute atomic E-state index is 11.8. The molecule has 0 bridgehead atoms. The second-order valence-electron chi connectivity index (χ2n) is 4.57. The summed E-state index contributed by atoms with van der Waals surface area (Å²) in [5, 5.41) is 1.31. The highest BCUT2D eigenvalue weighted by Crippen LogP contribution is 2.26. The van der Waals surface area contributed by atoms with E-state index in [0.717, 1.165) is 6.42 Å². The molecule has 0 heterocycles. The molecule has 0 saturated heterocycles. The second-order valence-corrected chi connectivity index (χ2v) is 9.29. The minimum atomic E-state index is -1.77. The number of hydrogen-bond acceptors (Lipinski definition) is 2. The van der Waals surface area contributed by atoms with Gasteiger partial charge in [-0.05, 0) is 6.42 Å². The maximum Gasteiger partial charge on any atom is 0.306 e. The number of carbonyl (C=O) groups is 1. The fraction of sp³-hybridized carbons (Fsp3) is 0.462. The van der Waals surface area contributed by atoms with Crippen molar-refractivity contribution in [2.24, 2.45) is 0 Å². The van der Waals surface area contributed by atoms with Crippen molar-refractivity contribution in [3.8, 4) is 0 Å². The molecular weight excluding hydrogens is 216 g/mol. The summed E-state index contributed by atoms with van der Waals surface area (Å²) in [5.41, 5.74) is 0.0416. The first kappa shape index (κ1) is 13.0. The van der Waals surface area contributed by atoms with E-state index in [4.69, 9.17) is 4.74 Å². The molecule has 2 nitrogen and oxygen atoms in total. The summed E-state index contributed by atoms with van der Waals surface area (Å²) >= 11 is 0. The average molecular weight is 236 g/mol. The Bertz CT molecular complexity index is 346. The summed E-state index contributed by atoms with van der Waals surface area (Å²) in [6.07, 6.45) is 0.848. The first-order valence-corrected chi connectivity index (χ1v) is 8.75. The molecule has 0 N–H and O–H groups in total. The quantitative estimate of drug-likeness (QED) is 0.593. The molecule has 16 heavy (non-hydrogen) atoms. The Hall–Kier alpha value is -1.09. The van der Waals surface area contributed by atoms with Crippen LogP contribution in [0.3, 0.4) is 0 Å². The van der Waals surface area contributed by atoms with Crippen LogP contribution in [0.2, 0.25) is 18.6 Å². The third-order valence-corrected chi connectivity index (χ3v) is 7.49. The van der Waals surface area contributed by atoms with Gasteiger partial charge in [0.15, 0.2) is 0 Å². The van der Waals surface area contributed by atoms with Crippen LogP contribution in [0.15, 0.2) is 30.3 Å². The fourth-order valence-corrected chi connectivity index (χ4v) is 5.36. The Morgan fingerprint density at radius 2 is 1.88 bits per heavy atom. The van der Waals surface area contributed by atoms with Crippen molar-refractivity contribution in [3.05, 3.63) is 30.3 Å². The Labute approximate surface area is 98.6 Å². The van der Waals surface area contributed by atoms with E-state index in [0.29, 0.717) is 0 Å². The maximum atomic E-state index is 11.8. The number of esters is 1. The van der Waals surface area contributed by atoms with Crippen molar-refractivity contribution in [1.29, 1.82) is 0 Å². The van der Waals surface area contributed by atoms with E-state index in [2.05, 4.69) is 32.2 Å². The lowest BCUT2D eigenvalue weighted by atomic mass is 10.3. The molecule has 0 spiro atoms. The molecule has 0 aliphatic heterocycles. The van der Waals surface area contributed by atoms with Crippen LogP contribution >= 0.6 is 0 Å². The SMILES string of the molecule is CCC(C(=O)OC)[Si](C)(C)c1ccccc1. The lowest BCUT2D eigenvalue weighted by Crippen LogP contribution is -2.48. The Balaban J connectivity index is 3.04. The van der Waals surface area contributed by atoms with Gasteiger partial charge in [0.25, 0.3) is 0 Å². The molecule has 3 heteroatoms. The largest absolute Gasteiger partial charge is 0.469 e. The smallest absolute Gasteiger partial charge is 0.306 e. The van der Waals surface area contributed by atoms with Crippen LogP contribution < -0.4 is 5.19 Å². The molecule has 1 unspecified atom stereocenters. The third kappa shape index (κ3) is 2.53. The molecule has 1 aromatic carbocycles. The summed E-state index contributed by atoms with van der Waals surface area (Å²) in [4.78, 5) is 11.8. The van der Waals surface area contributed by atoms with Crippen LogP contribution in [0.5, 0.6) is 0 Å². The van der Waals surface area contributed by atoms with Gasteiger partial charge in [0.2, 0.25) is 0 Å². The van der Waals surface area contributed by atoms with E-state index in [1.807, 2.05) is 18.2 Å². The van der Waals surface area contributed by atoms with Gasteiger partial charge >= 0.3 is 5.97 Å². The average Bonchev–Trinajstić information content (AvgIpc) is 2.30. The molecule has 0 fully saturated rings. The van der Waals surface area contributed by atoms with Gasteiger partial charge in [0.1, 0.15) is 0 Å². The highest BCUT2D eigenvalue weighted by atomic mass is 28.3. The summed E-state index contributed by atoms with van der Waals surface area (Å²) in [5.74, 6) is -0.0666. The molecule has 0 saturated carbocycles. The van der Waals surface area contributed by atoms with Crippen LogP contribution in [-0.4, -0.2) is 21.2 Å². The van der Waals surface area contributed by atoms with Gasteiger partial charge < -0.3 is 4.74 Å². The highest BCUT2D eigenvalue weighted by molar-refractivity contribution is 6.93. The zero-order chi connectivity index (χ0) is 12.2. The summed E-state index contributed by atoms with van der Waals surface area (Å²) in [7, 11) is -0.295. The van der Waals surface area contributed by atoms with E-state index < -0.39 is 8.07 Å². The van der Waals surface area contributed by atoms with E-state index in [1.54, 1.807) is 0 Å². The number of benzene rings is 1. The van der Waals surface area contributed by atoms with Crippen LogP contribution in [0, 0.1) is 0 Å². The lowest BCUT2D eigenvalue weighted by Gasteiger charge is -2.30. The molecule has 0 aliphatic rings. The molecular formula is C13H20O2Si. The Morgan fingerprint density at radius 1 is 1.31 bits per heavy atom. The molecule has 88 valence electrons. The lowest BCUT2D eigenvalue weighted by molar-refractivity contribution is -0.140. The molecule has 0 aromatic heterocycles. The van der Waals surface area contributed by atoms with Crippen molar-refractivity contribution >= 4 is 19.2 Å². The molecule has 0 aliphatic carbocycles. The highest BCUT2D eigenvalue weighted by Gasteiger charge is 2.37. The number of methoxy groups -OCH3 is 1. The predicted octanol–water partition coefficient (Wildman–Crippen LogP) is 2.56. The number of ether oxygens (including phenoxy) is 1. The van der Waals surface area contributed by atoms with Crippen LogP contribution in [0.4, 0.5) is 0 Å². The standard InChI is InChI=1S/C13H20O2Si/c1-5-12(13(14)15-2)16(3,4)11-9-7-6-8-10-11/h6-10,12H,5H2,1-4H3. The van der Waals surface area contributed by atoms with Crippen LogP contribution in [0.25, 0.3) is 0 Å². The van der Waals surface area contributed by atoms with Crippen molar-refractivity contribution in [2.45, 2.75) is 32.0 Å². The zero-order valence-corrected chi connectivity index (χ0v) is 11.5. The van der Waals surface area contributed by atoms with Gasteiger partial charge in [-0.25, -0.2) is 0 Å². The van der Waals surface area contributed by atoms with Gasteiger partial charge in [0.05, 0.1) is 20.7 Å². The molecule has 1 atom stereocenters. The molecule has 1 rings (SSSR count). The zero-order valence-electron chi connectivity index (χ0n) is 10.5. The Morgan fingerprint density at radius 3 is 2.31 bits per heavy atom. The topological polar surface area (TPSA) is 26.3 Å². The van der Waals surface area contributed by atoms with Gasteiger partial charge in [-0.15, -0.1) is 0 Å². The van der Waals surface area contributed by atoms with E-state index in [9.17, 15) is 4.79 Å². The first-order valence-electron chi connectivity index (χ1n) is 5.67. The predicted molar refractivity (Wildman–Crippen MR) is 69.6 cm³/mol. The molecule has 0 radical (unpaired) electrons. The number of rotatable bonds is 4. The first-order chi connectivity index (χ1) is 7.54. The van der Waals surface area contributed by atoms with Gasteiger partial charge in [-0.3, -0.25) is 4.79 Å². The minimum absolute atomic E-state index is 0.0416. The van der Waals surface area contributed by atoms with Crippen LogP contribution in [-0.2, 0) is 9.53 Å². The van der Waals surface area contributed by atoms with E-state index >= 15 is 0 Å². The molecule has 1 aromatic rings. The third-order valence-electron chi connectivity index (χ3n) is 3.28. The van der Waals surface area contributed by atoms with Gasteiger partial charge in [-0.2, -0.15) is 0 Å². The van der Waals surface area contributed by atoms with Crippen molar-refractivity contribution in [3.63, 3.8) is 0 Å². The van der Waals surface area contributed by atoms with Crippen LogP contribution in [0.1, 0.15) is 13.3 Å². The number of hydrogen-bond donors (Lipinski definition) is 0. The second kappa shape index (κ2) is 5.30. The van der Waals surface area contributed by atoms with Crippen molar-refractivity contribution < 1.29 is 9.53 Å². The summed E-state index contributed by atoms with van der Waals surface area (Å²) < 4.78 is 4.91. The minimum Gasteiger partial charge on any atom is -0.469 e. The fourth-order valence-electron chi connectivity index (χ4n) is 2.18. The van der Waals surface area contributed by atoms with Gasteiger partial charge in [0, 0.05) is 0 Å². The molecule has 0 amide bonds.